The summed E-state index contributed by atoms with van der Waals surface area (Å²) in [6.07, 6.45) is 0.920. The summed E-state index contributed by atoms with van der Waals surface area (Å²) in [5.74, 6) is 0.914. The van der Waals surface area contributed by atoms with E-state index in [9.17, 15) is 4.79 Å². The second-order valence-corrected chi connectivity index (χ2v) is 8.21. The Morgan fingerprint density at radius 3 is 2.47 bits per heavy atom. The van der Waals surface area contributed by atoms with Gasteiger partial charge in [0.25, 0.3) is 5.91 Å². The minimum atomic E-state index is -0.159. The average Bonchev–Trinajstić information content (AvgIpc) is 3.08. The maximum atomic E-state index is 12.5. The largest absolute Gasteiger partial charge is 0.331 e. The fraction of sp³-hybridized carbons (Fsp3) is 0.391. The van der Waals surface area contributed by atoms with Gasteiger partial charge in [-0.15, -0.1) is 0 Å². The molecule has 1 amide bonds. The van der Waals surface area contributed by atoms with Gasteiger partial charge in [-0.25, -0.2) is 4.98 Å². The van der Waals surface area contributed by atoms with Crippen LogP contribution in [0.15, 0.2) is 42.5 Å². The lowest BCUT2D eigenvalue weighted by molar-refractivity contribution is 0.102. The number of aryl methyl sites for hydroxylation is 1. The van der Waals surface area contributed by atoms with Crippen molar-refractivity contribution in [1.82, 2.24) is 19.4 Å². The number of carbonyl (C=O) groups excluding carboxylic acids is 1. The Labute approximate surface area is 182 Å². The molecule has 0 unspecified atom stereocenters. The Balaban J connectivity index is 1.42. The molecular weight excluding hydrogens is 398 g/mol. The summed E-state index contributed by atoms with van der Waals surface area (Å²) < 4.78 is 2.16. The first-order valence-electron chi connectivity index (χ1n) is 10.5. The smallest absolute Gasteiger partial charge is 0.255 e. The van der Waals surface area contributed by atoms with Crippen LogP contribution in [0.1, 0.15) is 23.1 Å². The Kier molecular flexibility index (Phi) is 6.37. The molecule has 1 fully saturated rings. The number of anilines is 1. The van der Waals surface area contributed by atoms with Gasteiger partial charge < -0.3 is 19.7 Å². The lowest BCUT2D eigenvalue weighted by atomic mass is 10.2. The zero-order valence-corrected chi connectivity index (χ0v) is 18.3. The van der Waals surface area contributed by atoms with Crippen LogP contribution in [0.4, 0.5) is 5.69 Å². The Hall–Kier alpha value is -2.41. The molecule has 1 aliphatic rings. The molecule has 1 aromatic heterocycles. The van der Waals surface area contributed by atoms with Gasteiger partial charge in [-0.05, 0) is 49.0 Å². The number of amides is 1. The highest BCUT2D eigenvalue weighted by molar-refractivity contribution is 6.30. The van der Waals surface area contributed by atoms with Crippen molar-refractivity contribution in [1.29, 1.82) is 0 Å². The van der Waals surface area contributed by atoms with Gasteiger partial charge in [0.2, 0.25) is 0 Å². The number of rotatable bonds is 6. The number of fused-ring (bicyclic) bond motifs is 1. The van der Waals surface area contributed by atoms with Crippen LogP contribution in [0.5, 0.6) is 0 Å². The van der Waals surface area contributed by atoms with E-state index < -0.39 is 0 Å². The van der Waals surface area contributed by atoms with Crippen molar-refractivity contribution in [3.05, 3.63) is 58.9 Å². The van der Waals surface area contributed by atoms with E-state index in [0.717, 1.165) is 68.2 Å². The predicted octanol–water partition coefficient (Wildman–Crippen LogP) is 3.66. The van der Waals surface area contributed by atoms with Crippen LogP contribution in [-0.4, -0.2) is 64.5 Å². The van der Waals surface area contributed by atoms with Crippen molar-refractivity contribution in [2.24, 2.45) is 7.05 Å². The van der Waals surface area contributed by atoms with Crippen LogP contribution in [0.2, 0.25) is 5.02 Å². The van der Waals surface area contributed by atoms with Crippen LogP contribution in [-0.2, 0) is 13.5 Å². The molecule has 30 heavy (non-hydrogen) atoms. The van der Waals surface area contributed by atoms with Crippen molar-refractivity contribution < 1.29 is 4.79 Å². The van der Waals surface area contributed by atoms with Crippen LogP contribution < -0.4 is 5.32 Å². The normalized spacial score (nSPS) is 15.6. The molecule has 0 atom stereocenters. The summed E-state index contributed by atoms with van der Waals surface area (Å²) >= 11 is 5.90. The second-order valence-electron chi connectivity index (χ2n) is 7.78. The molecule has 0 aliphatic carbocycles. The van der Waals surface area contributed by atoms with Gasteiger partial charge in [-0.2, -0.15) is 0 Å². The first-order valence-corrected chi connectivity index (χ1v) is 10.9. The molecule has 4 rings (SSSR count). The monoisotopic (exact) mass is 425 g/mol. The van der Waals surface area contributed by atoms with E-state index in [4.69, 9.17) is 16.6 Å². The predicted molar refractivity (Wildman–Crippen MR) is 122 cm³/mol. The van der Waals surface area contributed by atoms with Crippen molar-refractivity contribution in [3.63, 3.8) is 0 Å². The maximum Gasteiger partial charge on any atom is 0.255 e. The highest BCUT2D eigenvalue weighted by Crippen LogP contribution is 2.21. The van der Waals surface area contributed by atoms with Gasteiger partial charge in [0.15, 0.2) is 0 Å². The third kappa shape index (κ3) is 4.67. The van der Waals surface area contributed by atoms with Crippen LogP contribution in [0, 0.1) is 0 Å². The number of nitrogens with zero attached hydrogens (tertiary/aromatic N) is 4. The van der Waals surface area contributed by atoms with E-state index in [1.54, 1.807) is 24.3 Å². The minimum Gasteiger partial charge on any atom is -0.331 e. The summed E-state index contributed by atoms with van der Waals surface area (Å²) in [7, 11) is 2.06. The quantitative estimate of drug-likeness (QED) is 0.654. The lowest BCUT2D eigenvalue weighted by Crippen LogP contribution is -2.46. The van der Waals surface area contributed by atoms with Crippen LogP contribution in [0.25, 0.3) is 11.0 Å². The molecule has 7 heteroatoms. The average molecular weight is 426 g/mol. The van der Waals surface area contributed by atoms with Crippen molar-refractivity contribution in [2.75, 3.05) is 44.6 Å². The number of likely N-dealkylation sites (N-methyl/N-ethyl adjacent to an activating group) is 1. The highest BCUT2D eigenvalue weighted by Gasteiger charge is 2.17. The Morgan fingerprint density at radius 2 is 1.77 bits per heavy atom. The molecule has 3 aromatic rings. The number of piperazine rings is 1. The summed E-state index contributed by atoms with van der Waals surface area (Å²) in [5, 5.41) is 3.56. The Morgan fingerprint density at radius 1 is 1.07 bits per heavy atom. The van der Waals surface area contributed by atoms with Crippen molar-refractivity contribution in [3.8, 4) is 0 Å². The number of aromatic nitrogens is 2. The third-order valence-corrected chi connectivity index (χ3v) is 6.15. The maximum absolute atomic E-state index is 12.5. The number of carbonyl (C=O) groups is 1. The summed E-state index contributed by atoms with van der Waals surface area (Å²) in [5.41, 5.74) is 3.29. The third-order valence-electron chi connectivity index (χ3n) is 5.90. The van der Waals surface area contributed by atoms with Crippen molar-refractivity contribution >= 4 is 34.2 Å². The number of hydrogen-bond acceptors (Lipinski definition) is 4. The molecule has 2 heterocycles. The molecule has 0 spiro atoms. The van der Waals surface area contributed by atoms with Gasteiger partial charge in [0, 0.05) is 62.5 Å². The molecule has 6 nitrogen and oxygen atoms in total. The zero-order valence-electron chi connectivity index (χ0n) is 17.6. The van der Waals surface area contributed by atoms with Crippen LogP contribution >= 0.6 is 11.6 Å². The van der Waals surface area contributed by atoms with Gasteiger partial charge in [-0.1, -0.05) is 18.5 Å². The second kappa shape index (κ2) is 9.16. The number of hydrogen-bond donors (Lipinski definition) is 1. The van der Waals surface area contributed by atoms with Gasteiger partial charge >= 0.3 is 0 Å². The molecule has 1 saturated heterocycles. The fourth-order valence-electron chi connectivity index (χ4n) is 3.94. The molecule has 2 aromatic carbocycles. The van der Waals surface area contributed by atoms with Gasteiger partial charge in [0.1, 0.15) is 5.82 Å². The minimum absolute atomic E-state index is 0.159. The fourth-order valence-corrected chi connectivity index (χ4v) is 4.07. The molecule has 1 N–H and O–H groups in total. The molecule has 1 aliphatic heterocycles. The van der Waals surface area contributed by atoms with E-state index >= 15 is 0 Å². The number of imidazole rings is 1. The summed E-state index contributed by atoms with van der Waals surface area (Å²) in [6, 6.07) is 12.7. The molecule has 0 bridgehead atoms. The van der Waals surface area contributed by atoms with E-state index in [1.807, 2.05) is 18.2 Å². The molecule has 0 saturated carbocycles. The number of nitrogens with one attached hydrogen (secondary N) is 1. The van der Waals surface area contributed by atoms with E-state index in [0.29, 0.717) is 10.6 Å². The first kappa shape index (κ1) is 20.8. The van der Waals surface area contributed by atoms with Gasteiger partial charge in [-0.3, -0.25) is 4.79 Å². The topological polar surface area (TPSA) is 53.4 Å². The molecule has 158 valence electrons. The number of benzene rings is 2. The van der Waals surface area contributed by atoms with Crippen molar-refractivity contribution in [2.45, 2.75) is 13.3 Å². The highest BCUT2D eigenvalue weighted by atomic mass is 35.5. The van der Waals surface area contributed by atoms with E-state index in [-0.39, 0.29) is 5.91 Å². The number of halogens is 1. The first-order chi connectivity index (χ1) is 14.5. The zero-order chi connectivity index (χ0) is 21.1. The Bertz CT molecular complexity index is 1020. The molecular formula is C23H28ClN5O. The summed E-state index contributed by atoms with van der Waals surface area (Å²) in [6.45, 7) is 8.92. The van der Waals surface area contributed by atoms with E-state index in [1.165, 1.54) is 0 Å². The van der Waals surface area contributed by atoms with E-state index in [2.05, 4.69) is 33.7 Å². The standard InChI is InChI=1S/C23H28ClN5O/c1-3-28-12-14-29(15-13-28)11-10-22-26-20-16-19(8-9-21(20)27(22)2)25-23(30)17-4-6-18(24)7-5-17/h4-9,16H,3,10-15H2,1-2H3,(H,25,30). The van der Waals surface area contributed by atoms with Crippen LogP contribution in [0.3, 0.4) is 0 Å². The lowest BCUT2D eigenvalue weighted by Gasteiger charge is -2.33. The SMILES string of the molecule is CCN1CCN(CCc2nc3cc(NC(=O)c4ccc(Cl)cc4)ccc3n2C)CC1. The summed E-state index contributed by atoms with van der Waals surface area (Å²) in [4.78, 5) is 22.3. The molecule has 0 radical (unpaired) electrons. The van der Waals surface area contributed by atoms with Gasteiger partial charge in [0.05, 0.1) is 11.0 Å².